The molecule has 2 heterocycles. The molecule has 0 bridgehead atoms. The summed E-state index contributed by atoms with van der Waals surface area (Å²) in [6, 6.07) is 2.48. The van der Waals surface area contributed by atoms with E-state index in [0.717, 1.165) is 11.1 Å². The fourth-order valence-corrected chi connectivity index (χ4v) is 3.24. The van der Waals surface area contributed by atoms with Gasteiger partial charge in [-0.2, -0.15) is 13.2 Å². The van der Waals surface area contributed by atoms with Gasteiger partial charge in [-0.3, -0.25) is 14.7 Å². The molecule has 0 spiro atoms. The van der Waals surface area contributed by atoms with Crippen molar-refractivity contribution < 1.29 is 22.4 Å². The van der Waals surface area contributed by atoms with E-state index in [4.69, 9.17) is 5.84 Å². The van der Waals surface area contributed by atoms with Crippen molar-refractivity contribution in [1.29, 1.82) is 0 Å². The molecule has 0 radical (unpaired) electrons. The summed E-state index contributed by atoms with van der Waals surface area (Å²) in [6.07, 6.45) is -4.22. The molecule has 1 aromatic rings. The van der Waals surface area contributed by atoms with E-state index in [1.165, 1.54) is 13.0 Å². The first-order valence-corrected chi connectivity index (χ1v) is 9.28. The molecule has 2 aliphatic heterocycles. The lowest BCUT2D eigenvalue weighted by molar-refractivity contribution is -0.138. The Hall–Kier alpha value is -1.67. The second-order valence-electron chi connectivity index (χ2n) is 6.47. The zero-order valence-corrected chi connectivity index (χ0v) is 16.6. The lowest BCUT2D eigenvalue weighted by Crippen LogP contribution is -2.30. The molecule has 3 rings (SSSR count). The summed E-state index contributed by atoms with van der Waals surface area (Å²) in [4.78, 5) is 13.7. The molecule has 27 heavy (non-hydrogen) atoms. The standard InChI is InChI=1S/C15H17F4N3O.2C2H6/c1-14(16)2-3-21(8-14)6-9-4-10-11(7-22(20)13(10)23)12(5-9)15(17,18)19;2*1-2/h4-5H,2-3,6-8,20H2,1H3;2*1-2H3. The van der Waals surface area contributed by atoms with E-state index in [2.05, 4.69) is 0 Å². The summed E-state index contributed by atoms with van der Waals surface area (Å²) in [5.41, 5.74) is -1.93. The maximum Gasteiger partial charge on any atom is 0.416 e. The third-order valence-corrected chi connectivity index (χ3v) is 4.34. The highest BCUT2D eigenvalue weighted by Gasteiger charge is 2.40. The number of hydrogen-bond acceptors (Lipinski definition) is 3. The summed E-state index contributed by atoms with van der Waals surface area (Å²) in [5.74, 6) is 4.83. The SMILES string of the molecule is CC.CC.CC1(F)CCN(Cc2cc3c(c(C(F)(F)F)c2)CN(N)C3=O)C1. The zero-order valence-electron chi connectivity index (χ0n) is 16.6. The number of fused-ring (bicyclic) bond motifs is 1. The van der Waals surface area contributed by atoms with Crippen LogP contribution < -0.4 is 5.84 Å². The summed E-state index contributed by atoms with van der Waals surface area (Å²) in [5, 5.41) is 0.776. The van der Waals surface area contributed by atoms with Crippen molar-refractivity contribution in [3.8, 4) is 0 Å². The molecule has 2 aliphatic rings. The van der Waals surface area contributed by atoms with Gasteiger partial charge in [0, 0.05) is 25.2 Å². The molecule has 0 aliphatic carbocycles. The van der Waals surface area contributed by atoms with Gasteiger partial charge in [-0.25, -0.2) is 10.2 Å². The van der Waals surface area contributed by atoms with Gasteiger partial charge < -0.3 is 0 Å². The van der Waals surface area contributed by atoms with Crippen LogP contribution in [0.4, 0.5) is 17.6 Å². The fraction of sp³-hybridized carbons (Fsp3) is 0.632. The van der Waals surface area contributed by atoms with Crippen molar-refractivity contribution in [2.45, 2.75) is 66.0 Å². The van der Waals surface area contributed by atoms with Gasteiger partial charge in [0.15, 0.2) is 0 Å². The number of amides is 1. The zero-order chi connectivity index (χ0) is 21.0. The molecule has 154 valence electrons. The molecule has 8 heteroatoms. The molecule has 4 nitrogen and oxygen atoms in total. The Labute approximate surface area is 158 Å². The Kier molecular flexibility index (Phi) is 7.80. The van der Waals surface area contributed by atoms with E-state index in [1.54, 1.807) is 4.90 Å². The van der Waals surface area contributed by atoms with E-state index in [0.29, 0.717) is 18.5 Å². The molecule has 1 saturated heterocycles. The predicted octanol–water partition coefficient (Wildman–Crippen LogP) is 4.52. The van der Waals surface area contributed by atoms with Crippen molar-refractivity contribution in [3.63, 3.8) is 0 Å². The first-order valence-electron chi connectivity index (χ1n) is 9.28. The number of nitrogens with two attached hydrogens (primary N) is 1. The van der Waals surface area contributed by atoms with Gasteiger partial charge in [-0.1, -0.05) is 27.7 Å². The topological polar surface area (TPSA) is 49.6 Å². The average Bonchev–Trinajstić information content (AvgIpc) is 3.09. The number of alkyl halides is 4. The van der Waals surface area contributed by atoms with Crippen LogP contribution in [0.15, 0.2) is 12.1 Å². The van der Waals surface area contributed by atoms with Crippen molar-refractivity contribution in [2.24, 2.45) is 5.84 Å². The Bertz CT molecular complexity index is 659. The molecule has 1 aromatic carbocycles. The first kappa shape index (κ1) is 23.4. The first-order chi connectivity index (χ1) is 12.6. The number of carbonyl (C=O) groups is 1. The van der Waals surface area contributed by atoms with Crippen LogP contribution in [0.2, 0.25) is 0 Å². The van der Waals surface area contributed by atoms with E-state index < -0.39 is 23.3 Å². The van der Waals surface area contributed by atoms with Gasteiger partial charge in [0.25, 0.3) is 5.91 Å². The highest BCUT2D eigenvalue weighted by molar-refractivity contribution is 5.98. The highest BCUT2D eigenvalue weighted by Crippen LogP contribution is 2.38. The summed E-state index contributed by atoms with van der Waals surface area (Å²) in [7, 11) is 0. The molecule has 1 atom stereocenters. The molecule has 2 N–H and O–H groups in total. The molecule has 1 fully saturated rings. The van der Waals surface area contributed by atoms with E-state index in [-0.39, 0.29) is 30.8 Å². The lowest BCUT2D eigenvalue weighted by Gasteiger charge is -2.19. The Balaban J connectivity index is 0.000000855. The minimum Gasteiger partial charge on any atom is -0.296 e. The highest BCUT2D eigenvalue weighted by atomic mass is 19.4. The Morgan fingerprint density at radius 3 is 2.26 bits per heavy atom. The van der Waals surface area contributed by atoms with Gasteiger partial charge in [0.1, 0.15) is 5.67 Å². The van der Waals surface area contributed by atoms with E-state index >= 15 is 0 Å². The Morgan fingerprint density at radius 1 is 1.19 bits per heavy atom. The van der Waals surface area contributed by atoms with Crippen LogP contribution in [0.3, 0.4) is 0 Å². The smallest absolute Gasteiger partial charge is 0.296 e. The number of hydrazine groups is 1. The molecule has 1 unspecified atom stereocenters. The number of nitrogens with zero attached hydrogens (tertiary/aromatic N) is 2. The van der Waals surface area contributed by atoms with E-state index in [1.807, 2.05) is 27.7 Å². The van der Waals surface area contributed by atoms with Crippen LogP contribution in [0.5, 0.6) is 0 Å². The van der Waals surface area contributed by atoms with Crippen LogP contribution in [0, 0.1) is 0 Å². The van der Waals surface area contributed by atoms with Crippen molar-refractivity contribution in [1.82, 2.24) is 9.91 Å². The maximum atomic E-state index is 13.9. The predicted molar refractivity (Wildman–Crippen MR) is 97.6 cm³/mol. The second-order valence-corrected chi connectivity index (χ2v) is 6.47. The summed E-state index contributed by atoms with van der Waals surface area (Å²) in [6.45, 7) is 10.0. The normalized spacial score (nSPS) is 22.0. The molecule has 0 aromatic heterocycles. The number of hydrogen-bond donors (Lipinski definition) is 1. The number of rotatable bonds is 2. The van der Waals surface area contributed by atoms with Gasteiger partial charge >= 0.3 is 6.18 Å². The van der Waals surface area contributed by atoms with Gasteiger partial charge in [0.05, 0.1) is 12.1 Å². The second kappa shape index (κ2) is 9.01. The van der Waals surface area contributed by atoms with Crippen molar-refractivity contribution >= 4 is 5.91 Å². The van der Waals surface area contributed by atoms with Crippen molar-refractivity contribution in [2.75, 3.05) is 13.1 Å². The Morgan fingerprint density at radius 2 is 1.78 bits per heavy atom. The minimum atomic E-state index is -4.56. The average molecular weight is 391 g/mol. The van der Waals surface area contributed by atoms with Crippen LogP contribution in [-0.2, 0) is 19.3 Å². The summed E-state index contributed by atoms with van der Waals surface area (Å²) < 4.78 is 53.7. The summed E-state index contributed by atoms with van der Waals surface area (Å²) >= 11 is 0. The van der Waals surface area contributed by atoms with Gasteiger partial charge in [0.2, 0.25) is 0 Å². The number of benzene rings is 1. The monoisotopic (exact) mass is 391 g/mol. The molecule has 0 saturated carbocycles. The molecular formula is C19H29F4N3O. The fourth-order valence-electron chi connectivity index (χ4n) is 3.24. The van der Waals surface area contributed by atoms with Crippen LogP contribution in [-0.4, -0.2) is 34.6 Å². The number of likely N-dealkylation sites (tertiary alicyclic amines) is 1. The van der Waals surface area contributed by atoms with Crippen LogP contribution in [0.1, 0.15) is 68.1 Å². The quantitative estimate of drug-likeness (QED) is 0.458. The third kappa shape index (κ3) is 5.42. The van der Waals surface area contributed by atoms with E-state index in [9.17, 15) is 22.4 Å². The van der Waals surface area contributed by atoms with Gasteiger partial charge in [-0.15, -0.1) is 0 Å². The van der Waals surface area contributed by atoms with Crippen LogP contribution >= 0.6 is 0 Å². The minimum absolute atomic E-state index is 0.0143. The van der Waals surface area contributed by atoms with Crippen molar-refractivity contribution in [3.05, 3.63) is 34.4 Å². The lowest BCUT2D eigenvalue weighted by atomic mass is 9.98. The maximum absolute atomic E-state index is 13.9. The number of carbonyl (C=O) groups excluding carboxylic acids is 1. The van der Waals surface area contributed by atoms with Gasteiger partial charge in [-0.05, 0) is 36.6 Å². The molecule has 1 amide bonds. The molecular weight excluding hydrogens is 362 g/mol. The third-order valence-electron chi connectivity index (χ3n) is 4.34. The number of halogens is 4. The largest absolute Gasteiger partial charge is 0.416 e. The van der Waals surface area contributed by atoms with Crippen LogP contribution in [0.25, 0.3) is 0 Å².